The van der Waals surface area contributed by atoms with E-state index >= 15 is 0 Å². The normalized spacial score (nSPS) is 15.6. The lowest BCUT2D eigenvalue weighted by Gasteiger charge is -2.11. The molecular formula is C19H19N3O5. The van der Waals surface area contributed by atoms with Crippen LogP contribution < -0.4 is 20.1 Å². The number of ether oxygens (including phenoxy) is 2. The number of amides is 1. The maximum atomic E-state index is 12.5. The van der Waals surface area contributed by atoms with Crippen molar-refractivity contribution in [1.82, 2.24) is 0 Å². The van der Waals surface area contributed by atoms with Crippen molar-refractivity contribution < 1.29 is 19.2 Å². The molecule has 2 aromatic rings. The van der Waals surface area contributed by atoms with Gasteiger partial charge in [-0.3, -0.25) is 14.9 Å². The van der Waals surface area contributed by atoms with Crippen molar-refractivity contribution in [2.45, 2.75) is 25.3 Å². The van der Waals surface area contributed by atoms with Crippen LogP contribution >= 0.6 is 0 Å². The number of hydrogen-bond acceptors (Lipinski definition) is 6. The Hall–Kier alpha value is -3.29. The molecule has 2 aliphatic rings. The Morgan fingerprint density at radius 1 is 1.07 bits per heavy atom. The van der Waals surface area contributed by atoms with E-state index in [0.29, 0.717) is 36.1 Å². The molecule has 0 bridgehead atoms. The highest BCUT2D eigenvalue weighted by atomic mass is 16.6. The molecular weight excluding hydrogens is 350 g/mol. The molecule has 0 aromatic heterocycles. The third-order valence-corrected chi connectivity index (χ3v) is 4.40. The number of nitrogens with one attached hydrogen (secondary N) is 2. The maximum Gasteiger partial charge on any atom is 0.293 e. The summed E-state index contributed by atoms with van der Waals surface area (Å²) in [6, 6.07) is 9.88. The molecule has 0 saturated heterocycles. The van der Waals surface area contributed by atoms with E-state index < -0.39 is 10.8 Å². The SMILES string of the molecule is O=C(Nc1ccc2c(c1)OCCCO2)c1ccc(NC2CC2)c([N+](=O)[O-])c1. The van der Waals surface area contributed by atoms with E-state index in [-0.39, 0.29) is 17.3 Å². The summed E-state index contributed by atoms with van der Waals surface area (Å²) >= 11 is 0. The first kappa shape index (κ1) is 17.1. The summed E-state index contributed by atoms with van der Waals surface area (Å²) in [5.74, 6) is 0.780. The minimum atomic E-state index is -0.477. The number of anilines is 2. The molecule has 0 unspecified atom stereocenters. The van der Waals surface area contributed by atoms with Gasteiger partial charge in [0.15, 0.2) is 11.5 Å². The molecule has 1 saturated carbocycles. The third kappa shape index (κ3) is 3.94. The van der Waals surface area contributed by atoms with E-state index in [9.17, 15) is 14.9 Å². The number of carbonyl (C=O) groups excluding carboxylic acids is 1. The van der Waals surface area contributed by atoms with Crippen molar-refractivity contribution in [3.63, 3.8) is 0 Å². The Morgan fingerprint density at radius 3 is 2.59 bits per heavy atom. The smallest absolute Gasteiger partial charge is 0.293 e. The van der Waals surface area contributed by atoms with Gasteiger partial charge < -0.3 is 20.1 Å². The largest absolute Gasteiger partial charge is 0.490 e. The fraction of sp³-hybridized carbons (Fsp3) is 0.316. The summed E-state index contributed by atoms with van der Waals surface area (Å²) in [5, 5.41) is 17.2. The lowest BCUT2D eigenvalue weighted by molar-refractivity contribution is -0.384. The molecule has 1 aliphatic heterocycles. The third-order valence-electron chi connectivity index (χ3n) is 4.40. The first-order valence-electron chi connectivity index (χ1n) is 8.86. The summed E-state index contributed by atoms with van der Waals surface area (Å²) in [7, 11) is 0. The fourth-order valence-corrected chi connectivity index (χ4v) is 2.84. The Labute approximate surface area is 155 Å². The van der Waals surface area contributed by atoms with E-state index in [0.717, 1.165) is 19.3 Å². The molecule has 140 valence electrons. The average Bonchev–Trinajstić information content (AvgIpc) is 3.48. The second-order valence-electron chi connectivity index (χ2n) is 6.57. The van der Waals surface area contributed by atoms with Crippen LogP contribution in [-0.2, 0) is 0 Å². The van der Waals surface area contributed by atoms with Crippen molar-refractivity contribution in [1.29, 1.82) is 0 Å². The van der Waals surface area contributed by atoms with Gasteiger partial charge in [-0.05, 0) is 37.1 Å². The number of carbonyl (C=O) groups is 1. The van der Waals surface area contributed by atoms with Crippen molar-refractivity contribution in [2.24, 2.45) is 0 Å². The van der Waals surface area contributed by atoms with Gasteiger partial charge in [-0.2, -0.15) is 0 Å². The second-order valence-corrected chi connectivity index (χ2v) is 6.57. The van der Waals surface area contributed by atoms with Crippen LogP contribution in [0.1, 0.15) is 29.6 Å². The summed E-state index contributed by atoms with van der Waals surface area (Å²) in [5.41, 5.74) is 1.09. The topological polar surface area (TPSA) is 103 Å². The lowest BCUT2D eigenvalue weighted by Crippen LogP contribution is -2.13. The van der Waals surface area contributed by atoms with E-state index in [1.165, 1.54) is 6.07 Å². The number of nitro benzene ring substituents is 1. The number of nitrogens with zero attached hydrogens (tertiary/aromatic N) is 1. The molecule has 27 heavy (non-hydrogen) atoms. The van der Waals surface area contributed by atoms with Gasteiger partial charge in [-0.15, -0.1) is 0 Å². The van der Waals surface area contributed by atoms with Crippen LogP contribution in [0, 0.1) is 10.1 Å². The highest BCUT2D eigenvalue weighted by Gasteiger charge is 2.25. The van der Waals surface area contributed by atoms with Crippen LogP contribution in [0.5, 0.6) is 11.5 Å². The Kier molecular flexibility index (Phi) is 4.53. The predicted octanol–water partition coefficient (Wildman–Crippen LogP) is 3.58. The molecule has 0 spiro atoms. The zero-order valence-electron chi connectivity index (χ0n) is 14.6. The number of hydrogen-bond donors (Lipinski definition) is 2. The van der Waals surface area contributed by atoms with Crippen LogP contribution in [0.2, 0.25) is 0 Å². The number of benzene rings is 2. The Balaban J connectivity index is 1.53. The van der Waals surface area contributed by atoms with E-state index in [4.69, 9.17) is 9.47 Å². The molecule has 2 aromatic carbocycles. The van der Waals surface area contributed by atoms with E-state index in [1.54, 1.807) is 30.3 Å². The molecule has 8 nitrogen and oxygen atoms in total. The fourth-order valence-electron chi connectivity index (χ4n) is 2.84. The molecule has 1 fully saturated rings. The van der Waals surface area contributed by atoms with Crippen LogP contribution in [-0.4, -0.2) is 30.1 Å². The van der Waals surface area contributed by atoms with Gasteiger partial charge in [0.25, 0.3) is 11.6 Å². The van der Waals surface area contributed by atoms with Gasteiger partial charge in [-0.1, -0.05) is 0 Å². The van der Waals surface area contributed by atoms with Gasteiger partial charge in [0.05, 0.1) is 18.1 Å². The average molecular weight is 369 g/mol. The Morgan fingerprint density at radius 2 is 1.85 bits per heavy atom. The standard InChI is InChI=1S/C19H19N3O5/c23-19(21-14-5-7-17-18(11-14)27-9-1-8-26-17)12-2-6-15(20-13-3-4-13)16(10-12)22(24)25/h2,5-7,10-11,13,20H,1,3-4,8-9H2,(H,21,23). The second kappa shape index (κ2) is 7.14. The van der Waals surface area contributed by atoms with Gasteiger partial charge >= 0.3 is 0 Å². The molecule has 4 rings (SSSR count). The molecule has 2 N–H and O–H groups in total. The van der Waals surface area contributed by atoms with E-state index in [1.807, 2.05) is 0 Å². The first-order chi connectivity index (χ1) is 13.1. The summed E-state index contributed by atoms with van der Waals surface area (Å²) in [4.78, 5) is 23.4. The number of nitro groups is 1. The highest BCUT2D eigenvalue weighted by molar-refractivity contribution is 6.05. The zero-order chi connectivity index (χ0) is 18.8. The first-order valence-corrected chi connectivity index (χ1v) is 8.86. The minimum Gasteiger partial charge on any atom is -0.490 e. The maximum absolute atomic E-state index is 12.5. The monoisotopic (exact) mass is 369 g/mol. The Bertz CT molecular complexity index is 895. The molecule has 8 heteroatoms. The quantitative estimate of drug-likeness (QED) is 0.617. The molecule has 1 heterocycles. The van der Waals surface area contributed by atoms with Crippen molar-refractivity contribution in [3.8, 4) is 11.5 Å². The molecule has 0 radical (unpaired) electrons. The molecule has 1 aliphatic carbocycles. The van der Waals surface area contributed by atoms with Gasteiger partial charge in [0.1, 0.15) is 5.69 Å². The van der Waals surface area contributed by atoms with Crippen molar-refractivity contribution in [2.75, 3.05) is 23.8 Å². The van der Waals surface area contributed by atoms with Crippen molar-refractivity contribution >= 4 is 23.0 Å². The predicted molar refractivity (Wildman–Crippen MR) is 99.7 cm³/mol. The minimum absolute atomic E-state index is 0.104. The van der Waals surface area contributed by atoms with Crippen LogP contribution in [0.25, 0.3) is 0 Å². The molecule has 1 amide bonds. The zero-order valence-corrected chi connectivity index (χ0v) is 14.6. The van der Waals surface area contributed by atoms with E-state index in [2.05, 4.69) is 10.6 Å². The summed E-state index contributed by atoms with van der Waals surface area (Å²) in [6.45, 7) is 1.13. The van der Waals surface area contributed by atoms with Crippen LogP contribution in [0.3, 0.4) is 0 Å². The summed E-state index contributed by atoms with van der Waals surface area (Å²) in [6.07, 6.45) is 2.80. The summed E-state index contributed by atoms with van der Waals surface area (Å²) < 4.78 is 11.2. The van der Waals surface area contributed by atoms with Crippen LogP contribution in [0.4, 0.5) is 17.1 Å². The van der Waals surface area contributed by atoms with Crippen LogP contribution in [0.15, 0.2) is 36.4 Å². The van der Waals surface area contributed by atoms with Gasteiger partial charge in [-0.25, -0.2) is 0 Å². The lowest BCUT2D eigenvalue weighted by atomic mass is 10.1. The van der Waals surface area contributed by atoms with Gasteiger partial charge in [0, 0.05) is 35.8 Å². The number of rotatable bonds is 5. The van der Waals surface area contributed by atoms with Gasteiger partial charge in [0.2, 0.25) is 0 Å². The van der Waals surface area contributed by atoms with Crippen molar-refractivity contribution in [3.05, 3.63) is 52.1 Å². The molecule has 0 atom stereocenters. The highest BCUT2D eigenvalue weighted by Crippen LogP contribution is 2.33. The number of fused-ring (bicyclic) bond motifs is 1.